The Morgan fingerprint density at radius 1 is 1.12 bits per heavy atom. The quantitative estimate of drug-likeness (QED) is 0.370. The number of halogens is 1. The molecule has 0 spiro atoms. The van der Waals surface area contributed by atoms with Gasteiger partial charge in [-0.2, -0.15) is 0 Å². The molecule has 0 bridgehead atoms. The van der Waals surface area contributed by atoms with Crippen molar-refractivity contribution in [3.63, 3.8) is 0 Å². The normalized spacial score (nSPS) is 18.8. The van der Waals surface area contributed by atoms with E-state index in [0.29, 0.717) is 22.5 Å². The summed E-state index contributed by atoms with van der Waals surface area (Å²) < 4.78 is 2.99. The van der Waals surface area contributed by atoms with E-state index in [-0.39, 0.29) is 5.91 Å². The first kappa shape index (κ1) is 21.2. The number of nitrogens with zero attached hydrogens (tertiary/aromatic N) is 3. The monoisotopic (exact) mass is 467 g/mol. The molecule has 32 heavy (non-hydrogen) atoms. The highest BCUT2D eigenvalue weighted by molar-refractivity contribution is 7.22. The molecule has 8 heteroatoms. The van der Waals surface area contributed by atoms with Crippen LogP contribution in [0.2, 0.25) is 5.02 Å². The van der Waals surface area contributed by atoms with Crippen molar-refractivity contribution in [1.29, 1.82) is 0 Å². The first-order valence-corrected chi connectivity index (χ1v) is 12.2. The molecule has 6 nitrogen and oxygen atoms in total. The third-order valence-electron chi connectivity index (χ3n) is 6.40. The van der Waals surface area contributed by atoms with Crippen LogP contribution in [0.25, 0.3) is 21.3 Å². The number of anilines is 2. The molecule has 1 amide bonds. The van der Waals surface area contributed by atoms with Gasteiger partial charge in [-0.25, -0.2) is 9.97 Å². The van der Waals surface area contributed by atoms with Gasteiger partial charge in [-0.3, -0.25) is 4.79 Å². The van der Waals surface area contributed by atoms with Crippen molar-refractivity contribution < 1.29 is 4.79 Å². The van der Waals surface area contributed by atoms with E-state index in [1.807, 2.05) is 48.0 Å². The third kappa shape index (κ3) is 4.32. The number of hydrogen-bond donors (Lipinski definition) is 2. The fourth-order valence-corrected chi connectivity index (χ4v) is 5.51. The number of thiazole rings is 1. The zero-order valence-electron chi connectivity index (χ0n) is 18.2. The lowest BCUT2D eigenvalue weighted by atomic mass is 9.83. The molecule has 2 aromatic heterocycles. The Balaban J connectivity index is 1.31. The number of imidazole rings is 1. The number of rotatable bonds is 5. The Morgan fingerprint density at radius 2 is 1.94 bits per heavy atom. The van der Waals surface area contributed by atoms with Gasteiger partial charge in [-0.15, -0.1) is 0 Å². The van der Waals surface area contributed by atoms with Crippen LogP contribution in [0.15, 0.2) is 36.4 Å². The molecule has 4 aromatic rings. The van der Waals surface area contributed by atoms with Crippen LogP contribution in [0.5, 0.6) is 0 Å². The molecule has 1 saturated carbocycles. The van der Waals surface area contributed by atoms with Gasteiger partial charge in [0.15, 0.2) is 5.13 Å². The topological polar surface area (TPSA) is 71.8 Å². The van der Waals surface area contributed by atoms with Gasteiger partial charge in [-0.05, 0) is 61.1 Å². The maximum Gasteiger partial charge on any atom is 0.251 e. The van der Waals surface area contributed by atoms with Crippen molar-refractivity contribution >= 4 is 61.2 Å². The van der Waals surface area contributed by atoms with E-state index in [1.54, 1.807) is 0 Å². The Bertz CT molecular complexity index is 1290. The zero-order valence-corrected chi connectivity index (χ0v) is 19.8. The van der Waals surface area contributed by atoms with Crippen molar-refractivity contribution in [2.75, 3.05) is 11.9 Å². The van der Waals surface area contributed by atoms with Crippen LogP contribution in [0.1, 0.15) is 43.0 Å². The number of benzene rings is 2. The molecule has 0 atom stereocenters. The van der Waals surface area contributed by atoms with Crippen molar-refractivity contribution in [3.8, 4) is 0 Å². The average molecular weight is 468 g/mol. The van der Waals surface area contributed by atoms with Gasteiger partial charge in [0.1, 0.15) is 0 Å². The Kier molecular flexibility index (Phi) is 5.78. The van der Waals surface area contributed by atoms with E-state index in [4.69, 9.17) is 16.6 Å². The Morgan fingerprint density at radius 3 is 2.75 bits per heavy atom. The van der Waals surface area contributed by atoms with E-state index in [1.165, 1.54) is 37.0 Å². The summed E-state index contributed by atoms with van der Waals surface area (Å²) in [5.74, 6) is 2.05. The van der Waals surface area contributed by atoms with Gasteiger partial charge in [0.05, 0.1) is 21.3 Å². The van der Waals surface area contributed by atoms with Crippen LogP contribution in [-0.2, 0) is 7.05 Å². The minimum Gasteiger partial charge on any atom is -0.352 e. The van der Waals surface area contributed by atoms with Crippen LogP contribution in [0.3, 0.4) is 0 Å². The summed E-state index contributed by atoms with van der Waals surface area (Å²) in [4.78, 5) is 22.0. The largest absolute Gasteiger partial charge is 0.352 e. The molecule has 0 saturated heterocycles. The highest BCUT2D eigenvalue weighted by Crippen LogP contribution is 2.31. The minimum atomic E-state index is -0.0336. The smallest absolute Gasteiger partial charge is 0.251 e. The molecular formula is C24H26ClN5OS. The highest BCUT2D eigenvalue weighted by Gasteiger charge is 2.19. The molecule has 0 aliphatic heterocycles. The standard InChI is InChI=1S/C24H26ClN5OS/c1-14-3-5-15(6-4-14)13-26-22(31)16-7-10-20-19(11-16)27-23(30(20)2)29-24-28-18-9-8-17(25)12-21(18)32-24/h7-12,14-15H,3-6,13H2,1-2H3,(H,26,31)(H,27,28,29)/t14-,15-. The molecule has 2 heterocycles. The average Bonchev–Trinajstić information content (AvgIpc) is 3.32. The summed E-state index contributed by atoms with van der Waals surface area (Å²) in [6.45, 7) is 3.06. The van der Waals surface area contributed by atoms with Crippen LogP contribution >= 0.6 is 22.9 Å². The number of carbonyl (C=O) groups is 1. The molecule has 2 aromatic carbocycles. The van der Waals surface area contributed by atoms with Gasteiger partial charge in [0, 0.05) is 24.2 Å². The molecule has 1 aliphatic rings. The molecule has 0 unspecified atom stereocenters. The summed E-state index contributed by atoms with van der Waals surface area (Å²) in [6.07, 6.45) is 4.93. The summed E-state index contributed by atoms with van der Waals surface area (Å²) in [7, 11) is 1.95. The van der Waals surface area contributed by atoms with Crippen LogP contribution in [0, 0.1) is 11.8 Å². The van der Waals surface area contributed by atoms with E-state index < -0.39 is 0 Å². The summed E-state index contributed by atoms with van der Waals surface area (Å²) >= 11 is 7.62. The number of hydrogen-bond acceptors (Lipinski definition) is 5. The van der Waals surface area contributed by atoms with Gasteiger partial charge >= 0.3 is 0 Å². The first-order valence-electron chi connectivity index (χ1n) is 11.0. The second kappa shape index (κ2) is 8.71. The van der Waals surface area contributed by atoms with Gasteiger partial charge in [0.2, 0.25) is 5.95 Å². The van der Waals surface area contributed by atoms with Crippen LogP contribution in [0.4, 0.5) is 11.1 Å². The van der Waals surface area contributed by atoms with E-state index in [0.717, 1.165) is 38.8 Å². The maximum absolute atomic E-state index is 12.7. The van der Waals surface area contributed by atoms with E-state index in [2.05, 4.69) is 22.5 Å². The van der Waals surface area contributed by atoms with E-state index >= 15 is 0 Å². The maximum atomic E-state index is 12.7. The number of aromatic nitrogens is 3. The van der Waals surface area contributed by atoms with Gasteiger partial charge in [0.25, 0.3) is 5.91 Å². The van der Waals surface area contributed by atoms with Gasteiger partial charge in [-0.1, -0.05) is 42.7 Å². The van der Waals surface area contributed by atoms with Crippen LogP contribution in [-0.4, -0.2) is 27.0 Å². The molecule has 2 N–H and O–H groups in total. The summed E-state index contributed by atoms with van der Waals surface area (Å²) in [5.41, 5.74) is 3.26. The lowest BCUT2D eigenvalue weighted by Crippen LogP contribution is -2.31. The molecule has 1 fully saturated rings. The Labute approximate surface area is 196 Å². The second-order valence-corrected chi connectivity index (χ2v) is 10.3. The summed E-state index contributed by atoms with van der Waals surface area (Å²) in [5, 5.41) is 7.87. The Hall–Kier alpha value is -2.64. The predicted octanol–water partition coefficient (Wildman–Crippen LogP) is 6.14. The van der Waals surface area contributed by atoms with Crippen LogP contribution < -0.4 is 10.6 Å². The van der Waals surface area contributed by atoms with Crippen molar-refractivity contribution in [2.24, 2.45) is 18.9 Å². The lowest BCUT2D eigenvalue weighted by Gasteiger charge is -2.26. The van der Waals surface area contributed by atoms with Crippen molar-refractivity contribution in [1.82, 2.24) is 19.9 Å². The zero-order chi connectivity index (χ0) is 22.2. The number of nitrogens with one attached hydrogen (secondary N) is 2. The molecule has 1 aliphatic carbocycles. The predicted molar refractivity (Wildman–Crippen MR) is 132 cm³/mol. The second-order valence-electron chi connectivity index (χ2n) is 8.79. The molecule has 5 rings (SSSR count). The van der Waals surface area contributed by atoms with Crippen molar-refractivity contribution in [3.05, 3.63) is 47.0 Å². The lowest BCUT2D eigenvalue weighted by molar-refractivity contribution is 0.0942. The minimum absolute atomic E-state index is 0.0336. The third-order valence-corrected chi connectivity index (χ3v) is 7.57. The van der Waals surface area contributed by atoms with E-state index in [9.17, 15) is 4.79 Å². The molecule has 166 valence electrons. The number of fused-ring (bicyclic) bond motifs is 2. The molecule has 0 radical (unpaired) electrons. The fourth-order valence-electron chi connectivity index (χ4n) is 4.37. The summed E-state index contributed by atoms with van der Waals surface area (Å²) in [6, 6.07) is 11.3. The SMILES string of the molecule is Cn1c(Nc2nc3ccc(Cl)cc3s2)nc2cc(C(=O)NC[C@H]3CC[C@H](C)CC3)ccc21. The fraction of sp³-hybridized carbons (Fsp3) is 0.375. The number of amides is 1. The van der Waals surface area contributed by atoms with Crippen molar-refractivity contribution in [2.45, 2.75) is 32.6 Å². The first-order chi connectivity index (χ1) is 15.5. The number of carbonyl (C=O) groups excluding carboxylic acids is 1. The van der Waals surface area contributed by atoms with Gasteiger partial charge < -0.3 is 15.2 Å². The highest BCUT2D eigenvalue weighted by atomic mass is 35.5. The number of aryl methyl sites for hydroxylation is 1. The molecular weight excluding hydrogens is 442 g/mol.